The molecule has 2 nitrogen and oxygen atoms in total. The first kappa shape index (κ1) is 17.3. The third kappa shape index (κ3) is 4.01. The Kier molecular flexibility index (Phi) is 5.40. The first-order valence-corrected chi connectivity index (χ1v) is 9.22. The molecule has 1 N–H and O–H groups in total. The lowest BCUT2D eigenvalue weighted by atomic mass is 9.80. The van der Waals surface area contributed by atoms with Crippen LogP contribution in [0.3, 0.4) is 0 Å². The van der Waals surface area contributed by atoms with E-state index < -0.39 is 0 Å². The molecule has 1 atom stereocenters. The zero-order valence-corrected chi connectivity index (χ0v) is 15.6. The van der Waals surface area contributed by atoms with E-state index in [2.05, 4.69) is 50.9 Å². The predicted octanol–water partition coefficient (Wildman–Crippen LogP) is 4.78. The average Bonchev–Trinajstić information content (AvgIpc) is 2.82. The number of nitrogens with one attached hydrogen (secondary N) is 1. The topological polar surface area (TPSA) is 15.3 Å². The largest absolute Gasteiger partial charge is 0.308 e. The van der Waals surface area contributed by atoms with Gasteiger partial charge in [-0.1, -0.05) is 46.2 Å². The molecule has 0 amide bonds. The van der Waals surface area contributed by atoms with E-state index in [1.54, 1.807) is 11.3 Å². The lowest BCUT2D eigenvalue weighted by Crippen LogP contribution is -2.66. The third-order valence-corrected chi connectivity index (χ3v) is 6.17. The highest BCUT2D eigenvalue weighted by atomic mass is 35.5. The van der Waals surface area contributed by atoms with Crippen molar-refractivity contribution < 1.29 is 0 Å². The van der Waals surface area contributed by atoms with Crippen molar-refractivity contribution in [2.24, 2.45) is 5.41 Å². The van der Waals surface area contributed by atoms with Crippen LogP contribution in [-0.2, 0) is 6.54 Å². The van der Waals surface area contributed by atoms with E-state index in [0.717, 1.165) is 24.0 Å². The minimum Gasteiger partial charge on any atom is -0.308 e. The van der Waals surface area contributed by atoms with Gasteiger partial charge in [0.1, 0.15) is 0 Å². The van der Waals surface area contributed by atoms with Gasteiger partial charge in [-0.05, 0) is 30.4 Å². The maximum Gasteiger partial charge on any atom is 0.0931 e. The SMILES string of the molecule is CCC1(CC)CN(Cc2ccc(Cl)s2)C(C(C)(C)C)CN1. The molecule has 0 saturated carbocycles. The normalized spacial score (nSPS) is 23.4. The standard InChI is InChI=1S/C17H29ClN2S/c1-6-17(7-2)12-20(11-13-8-9-15(18)21-13)14(10-19-17)16(3,4)5/h8-9,14,19H,6-7,10-12H2,1-5H3. The van der Waals surface area contributed by atoms with Crippen molar-refractivity contribution in [2.45, 2.75) is 65.6 Å². The number of hydrogen-bond acceptors (Lipinski definition) is 3. The molecule has 0 aromatic carbocycles. The third-order valence-electron chi connectivity index (χ3n) is 4.96. The molecule has 1 saturated heterocycles. The summed E-state index contributed by atoms with van der Waals surface area (Å²) < 4.78 is 0.893. The summed E-state index contributed by atoms with van der Waals surface area (Å²) in [4.78, 5) is 4.04. The highest BCUT2D eigenvalue weighted by Gasteiger charge is 2.41. The van der Waals surface area contributed by atoms with Gasteiger partial charge in [0.05, 0.1) is 4.34 Å². The van der Waals surface area contributed by atoms with Gasteiger partial charge >= 0.3 is 0 Å². The molecule has 21 heavy (non-hydrogen) atoms. The van der Waals surface area contributed by atoms with Crippen molar-refractivity contribution in [3.63, 3.8) is 0 Å². The maximum atomic E-state index is 6.10. The number of piperazine rings is 1. The van der Waals surface area contributed by atoms with E-state index in [-0.39, 0.29) is 11.0 Å². The fraction of sp³-hybridized carbons (Fsp3) is 0.765. The Labute approximate surface area is 138 Å². The molecule has 4 heteroatoms. The van der Waals surface area contributed by atoms with Crippen LogP contribution in [-0.4, -0.2) is 29.6 Å². The first-order chi connectivity index (χ1) is 9.79. The van der Waals surface area contributed by atoms with Gasteiger partial charge in [0.2, 0.25) is 0 Å². The first-order valence-electron chi connectivity index (χ1n) is 8.03. The summed E-state index contributed by atoms with van der Waals surface area (Å²) >= 11 is 7.82. The summed E-state index contributed by atoms with van der Waals surface area (Å²) in [6.45, 7) is 14.8. The highest BCUT2D eigenvalue weighted by molar-refractivity contribution is 7.16. The molecule has 1 unspecified atom stereocenters. The fourth-order valence-electron chi connectivity index (χ4n) is 3.38. The Morgan fingerprint density at radius 2 is 2.00 bits per heavy atom. The van der Waals surface area contributed by atoms with Crippen molar-refractivity contribution >= 4 is 22.9 Å². The smallest absolute Gasteiger partial charge is 0.0931 e. The molecule has 1 aliphatic rings. The van der Waals surface area contributed by atoms with Crippen LogP contribution in [0.5, 0.6) is 0 Å². The number of rotatable bonds is 4. The predicted molar refractivity (Wildman–Crippen MR) is 94.3 cm³/mol. The lowest BCUT2D eigenvalue weighted by molar-refractivity contribution is 0.0137. The quantitative estimate of drug-likeness (QED) is 0.855. The van der Waals surface area contributed by atoms with Crippen LogP contribution in [0, 0.1) is 5.41 Å². The van der Waals surface area contributed by atoms with Crippen LogP contribution in [0.4, 0.5) is 0 Å². The second-order valence-electron chi connectivity index (χ2n) is 7.36. The van der Waals surface area contributed by atoms with Gasteiger partial charge in [0.25, 0.3) is 0 Å². The second-order valence-corrected chi connectivity index (χ2v) is 9.16. The summed E-state index contributed by atoms with van der Waals surface area (Å²) in [5.41, 5.74) is 0.546. The summed E-state index contributed by atoms with van der Waals surface area (Å²) in [7, 11) is 0. The number of hydrogen-bond donors (Lipinski definition) is 1. The molecular weight excluding hydrogens is 300 g/mol. The summed E-state index contributed by atoms with van der Waals surface area (Å²) in [5.74, 6) is 0. The Bertz CT molecular complexity index is 460. The molecule has 2 rings (SSSR count). The zero-order chi connectivity index (χ0) is 15.7. The van der Waals surface area contributed by atoms with Crippen LogP contribution in [0.1, 0.15) is 52.3 Å². The van der Waals surface area contributed by atoms with E-state index in [1.165, 1.54) is 17.7 Å². The maximum absolute atomic E-state index is 6.10. The van der Waals surface area contributed by atoms with Crippen LogP contribution in [0.2, 0.25) is 4.34 Å². The molecule has 120 valence electrons. The second kappa shape index (κ2) is 6.57. The molecule has 1 aromatic heterocycles. The van der Waals surface area contributed by atoms with E-state index in [0.29, 0.717) is 6.04 Å². The van der Waals surface area contributed by atoms with Gasteiger partial charge in [-0.3, -0.25) is 4.90 Å². The summed E-state index contributed by atoms with van der Waals surface area (Å²) in [6.07, 6.45) is 2.37. The molecular formula is C17H29ClN2S. The van der Waals surface area contributed by atoms with Gasteiger partial charge < -0.3 is 5.32 Å². The lowest BCUT2D eigenvalue weighted by Gasteiger charge is -2.51. The Morgan fingerprint density at radius 1 is 1.33 bits per heavy atom. The van der Waals surface area contributed by atoms with E-state index >= 15 is 0 Å². The van der Waals surface area contributed by atoms with Gasteiger partial charge in [0.15, 0.2) is 0 Å². The van der Waals surface area contributed by atoms with E-state index in [4.69, 9.17) is 11.6 Å². The van der Waals surface area contributed by atoms with Gasteiger partial charge in [-0.2, -0.15) is 0 Å². The van der Waals surface area contributed by atoms with Crippen molar-refractivity contribution in [1.82, 2.24) is 10.2 Å². The molecule has 1 fully saturated rings. The Hall–Kier alpha value is -0.0900. The minimum atomic E-state index is 0.267. The van der Waals surface area contributed by atoms with Crippen LogP contribution < -0.4 is 5.32 Å². The van der Waals surface area contributed by atoms with Crippen LogP contribution in [0.15, 0.2) is 12.1 Å². The molecule has 1 aliphatic heterocycles. The molecule has 0 aliphatic carbocycles. The summed E-state index contributed by atoms with van der Waals surface area (Å²) in [5, 5.41) is 3.85. The molecule has 2 heterocycles. The highest BCUT2D eigenvalue weighted by Crippen LogP contribution is 2.33. The number of nitrogens with zero attached hydrogens (tertiary/aromatic N) is 1. The van der Waals surface area contributed by atoms with Crippen LogP contribution in [0.25, 0.3) is 0 Å². The average molecular weight is 329 g/mol. The minimum absolute atomic E-state index is 0.267. The molecule has 0 spiro atoms. The van der Waals surface area contributed by atoms with Crippen molar-refractivity contribution in [3.05, 3.63) is 21.3 Å². The summed E-state index contributed by atoms with van der Waals surface area (Å²) in [6, 6.07) is 4.75. The van der Waals surface area contributed by atoms with E-state index in [1.807, 2.05) is 6.07 Å². The molecule has 0 radical (unpaired) electrons. The van der Waals surface area contributed by atoms with Crippen molar-refractivity contribution in [1.29, 1.82) is 0 Å². The van der Waals surface area contributed by atoms with Crippen LogP contribution >= 0.6 is 22.9 Å². The fourth-order valence-corrected chi connectivity index (χ4v) is 4.49. The van der Waals surface area contributed by atoms with Crippen molar-refractivity contribution in [3.8, 4) is 0 Å². The number of thiophene rings is 1. The Balaban J connectivity index is 2.20. The Morgan fingerprint density at radius 3 is 2.48 bits per heavy atom. The zero-order valence-electron chi connectivity index (χ0n) is 14.0. The molecule has 0 bridgehead atoms. The van der Waals surface area contributed by atoms with Gasteiger partial charge in [0, 0.05) is 36.1 Å². The van der Waals surface area contributed by atoms with Gasteiger partial charge in [-0.25, -0.2) is 0 Å². The number of halogens is 1. The monoisotopic (exact) mass is 328 g/mol. The van der Waals surface area contributed by atoms with E-state index in [9.17, 15) is 0 Å². The molecule has 1 aromatic rings. The van der Waals surface area contributed by atoms with Crippen molar-refractivity contribution in [2.75, 3.05) is 13.1 Å². The van der Waals surface area contributed by atoms with Gasteiger partial charge in [-0.15, -0.1) is 11.3 Å².